The van der Waals surface area contributed by atoms with Gasteiger partial charge in [0.25, 0.3) is 0 Å². The van der Waals surface area contributed by atoms with Crippen LogP contribution in [0, 0.1) is 25.5 Å². The van der Waals surface area contributed by atoms with E-state index in [1.54, 1.807) is 10.3 Å². The lowest BCUT2D eigenvalue weighted by molar-refractivity contribution is -0.115. The molecule has 2 aromatic carbocycles. The molecule has 0 saturated carbocycles. The molecule has 0 bridgehead atoms. The minimum Gasteiger partial charge on any atom is -0.484 e. The van der Waals surface area contributed by atoms with Crippen LogP contribution in [-0.4, -0.2) is 10.9 Å². The van der Waals surface area contributed by atoms with Gasteiger partial charge >= 0.3 is 0 Å². The van der Waals surface area contributed by atoms with Gasteiger partial charge in [-0.3, -0.25) is 9.69 Å². The van der Waals surface area contributed by atoms with E-state index in [0.717, 1.165) is 28.9 Å². The van der Waals surface area contributed by atoms with Crippen LogP contribution in [0.25, 0.3) is 0 Å². The van der Waals surface area contributed by atoms with Crippen LogP contribution in [0.5, 0.6) is 5.75 Å². The molecule has 0 aliphatic heterocycles. The number of hydrogen-bond acceptors (Lipinski definition) is 4. The zero-order valence-corrected chi connectivity index (χ0v) is 15.9. The van der Waals surface area contributed by atoms with E-state index < -0.39 is 11.6 Å². The van der Waals surface area contributed by atoms with Crippen molar-refractivity contribution < 1.29 is 18.3 Å². The Bertz CT molecular complexity index is 988. The number of rotatable bonds is 5. The average Bonchev–Trinajstić information content (AvgIpc) is 3.04. The molecule has 1 aromatic heterocycles. The summed E-state index contributed by atoms with van der Waals surface area (Å²) in [7, 11) is 0. The number of benzene rings is 2. The molecule has 0 N–H and O–H groups in total. The van der Waals surface area contributed by atoms with Gasteiger partial charge in [-0.15, -0.1) is 11.3 Å². The molecule has 0 aliphatic rings. The van der Waals surface area contributed by atoms with Crippen molar-refractivity contribution in [2.75, 3.05) is 4.90 Å². The molecule has 0 atom stereocenters. The lowest BCUT2D eigenvalue weighted by atomic mass is 10.1. The predicted octanol–water partition coefficient (Wildman–Crippen LogP) is 5.30. The molecular formula is C20H18F2N2O2S. The van der Waals surface area contributed by atoms with Crippen LogP contribution in [-0.2, 0) is 11.4 Å². The van der Waals surface area contributed by atoms with Gasteiger partial charge in [-0.25, -0.2) is 13.8 Å². The molecule has 0 spiro atoms. The number of thiazole rings is 1. The number of nitrogens with zero attached hydrogens (tertiary/aromatic N) is 2. The summed E-state index contributed by atoms with van der Waals surface area (Å²) < 4.78 is 32.0. The number of aryl methyl sites for hydroxylation is 2. The Hall–Kier alpha value is -2.80. The molecule has 4 nitrogen and oxygen atoms in total. The molecule has 0 unspecified atom stereocenters. The summed E-state index contributed by atoms with van der Waals surface area (Å²) in [5.41, 5.74) is 3.38. The van der Waals surface area contributed by atoms with E-state index >= 15 is 0 Å². The van der Waals surface area contributed by atoms with E-state index in [4.69, 9.17) is 4.74 Å². The first kappa shape index (κ1) is 19.0. The fraction of sp³-hybridized carbons (Fsp3) is 0.200. The van der Waals surface area contributed by atoms with Crippen LogP contribution in [0.4, 0.5) is 19.6 Å². The van der Waals surface area contributed by atoms with Gasteiger partial charge in [0.05, 0.1) is 11.4 Å². The third-order valence-corrected chi connectivity index (χ3v) is 4.78. The van der Waals surface area contributed by atoms with Gasteiger partial charge in [-0.2, -0.15) is 0 Å². The van der Waals surface area contributed by atoms with Crippen LogP contribution in [0.1, 0.15) is 23.7 Å². The monoisotopic (exact) mass is 388 g/mol. The quantitative estimate of drug-likeness (QED) is 0.595. The fourth-order valence-electron chi connectivity index (χ4n) is 2.67. The number of carbonyl (C=O) groups is 1. The summed E-state index contributed by atoms with van der Waals surface area (Å²) in [6, 6.07) is 8.95. The normalized spacial score (nSPS) is 10.7. The van der Waals surface area contributed by atoms with Crippen molar-refractivity contribution in [3.8, 4) is 5.75 Å². The van der Waals surface area contributed by atoms with Crippen LogP contribution in [0.3, 0.4) is 0 Å². The van der Waals surface area contributed by atoms with Crippen molar-refractivity contribution in [1.82, 2.24) is 4.98 Å². The van der Waals surface area contributed by atoms with Crippen LogP contribution < -0.4 is 9.64 Å². The summed E-state index contributed by atoms with van der Waals surface area (Å²) >= 11 is 1.30. The number of hydrogen-bond donors (Lipinski definition) is 0. The highest BCUT2D eigenvalue weighted by atomic mass is 32.1. The van der Waals surface area contributed by atoms with Gasteiger partial charge in [0.15, 0.2) is 16.7 Å². The summed E-state index contributed by atoms with van der Waals surface area (Å²) in [6.45, 7) is 5.41. The minimum atomic E-state index is -0.772. The van der Waals surface area contributed by atoms with Crippen LogP contribution in [0.15, 0.2) is 41.8 Å². The third-order valence-electron chi connectivity index (χ3n) is 3.91. The van der Waals surface area contributed by atoms with Crippen molar-refractivity contribution in [3.63, 3.8) is 0 Å². The molecule has 0 aliphatic carbocycles. The Balaban J connectivity index is 1.81. The van der Waals surface area contributed by atoms with E-state index in [2.05, 4.69) is 4.98 Å². The Kier molecular flexibility index (Phi) is 5.51. The maximum Gasteiger partial charge on any atom is 0.230 e. The number of carbonyl (C=O) groups excluding carboxylic acids is 1. The van der Waals surface area contributed by atoms with Gasteiger partial charge in [0.2, 0.25) is 5.91 Å². The topological polar surface area (TPSA) is 42.4 Å². The number of anilines is 2. The number of ether oxygens (including phenoxy) is 1. The van der Waals surface area contributed by atoms with E-state index in [1.807, 2.05) is 32.0 Å². The third kappa shape index (κ3) is 4.31. The molecular weight excluding hydrogens is 370 g/mol. The van der Waals surface area contributed by atoms with Crippen molar-refractivity contribution in [2.24, 2.45) is 0 Å². The molecule has 0 fully saturated rings. The van der Waals surface area contributed by atoms with Gasteiger partial charge in [0.1, 0.15) is 12.4 Å². The number of halogens is 2. The Morgan fingerprint density at radius 3 is 2.63 bits per heavy atom. The second kappa shape index (κ2) is 7.84. The van der Waals surface area contributed by atoms with Gasteiger partial charge in [-0.1, -0.05) is 17.7 Å². The lowest BCUT2D eigenvalue weighted by Crippen LogP contribution is -2.23. The zero-order valence-electron chi connectivity index (χ0n) is 15.1. The Morgan fingerprint density at radius 1 is 1.19 bits per heavy atom. The van der Waals surface area contributed by atoms with Gasteiger partial charge < -0.3 is 4.74 Å². The molecule has 3 aromatic rings. The van der Waals surface area contributed by atoms with Crippen LogP contribution in [0.2, 0.25) is 0 Å². The van der Waals surface area contributed by atoms with Crippen molar-refractivity contribution in [1.29, 1.82) is 0 Å². The number of amides is 1. The molecule has 0 radical (unpaired) electrons. The molecule has 140 valence electrons. The molecule has 1 amide bonds. The van der Waals surface area contributed by atoms with Crippen molar-refractivity contribution >= 4 is 28.1 Å². The van der Waals surface area contributed by atoms with Gasteiger partial charge in [0, 0.05) is 18.4 Å². The number of aromatic nitrogens is 1. The average molecular weight is 388 g/mol. The van der Waals surface area contributed by atoms with Crippen molar-refractivity contribution in [2.45, 2.75) is 27.4 Å². The van der Waals surface area contributed by atoms with Crippen molar-refractivity contribution in [3.05, 3.63) is 70.2 Å². The van der Waals surface area contributed by atoms with E-state index in [0.29, 0.717) is 10.8 Å². The summed E-state index contributed by atoms with van der Waals surface area (Å²) in [5.74, 6) is -1.65. The molecule has 0 saturated heterocycles. The minimum absolute atomic E-state index is 0.0116. The predicted molar refractivity (Wildman–Crippen MR) is 102 cm³/mol. The maximum atomic E-state index is 13.7. The first-order valence-electron chi connectivity index (χ1n) is 8.25. The molecule has 7 heteroatoms. The fourth-order valence-corrected chi connectivity index (χ4v) is 3.54. The van der Waals surface area contributed by atoms with Crippen LogP contribution >= 0.6 is 11.3 Å². The molecule has 1 heterocycles. The second-order valence-electron chi connectivity index (χ2n) is 6.13. The van der Waals surface area contributed by atoms with Gasteiger partial charge in [-0.05, 0) is 37.6 Å². The maximum absolute atomic E-state index is 13.7. The summed E-state index contributed by atoms with van der Waals surface area (Å²) in [4.78, 5) is 18.2. The lowest BCUT2D eigenvalue weighted by Gasteiger charge is -2.20. The largest absolute Gasteiger partial charge is 0.484 e. The Labute approximate surface area is 160 Å². The highest BCUT2D eigenvalue weighted by molar-refractivity contribution is 7.14. The highest BCUT2D eigenvalue weighted by Gasteiger charge is 2.20. The second-order valence-corrected chi connectivity index (χ2v) is 6.97. The van der Waals surface area contributed by atoms with E-state index in [9.17, 15) is 13.6 Å². The van der Waals surface area contributed by atoms with E-state index in [-0.39, 0.29) is 18.3 Å². The summed E-state index contributed by atoms with van der Waals surface area (Å²) in [5, 5.41) is 2.25. The first-order chi connectivity index (χ1) is 12.8. The standard InChI is InChI=1S/C20H18F2N2O2S/c1-12-4-6-18(13(2)8-12)24(14(3)25)20-23-16(11-27-20)10-26-19-7-5-15(21)9-17(19)22/h4-9,11H,10H2,1-3H3. The zero-order chi connectivity index (χ0) is 19.6. The molecule has 27 heavy (non-hydrogen) atoms. The SMILES string of the molecule is CC(=O)N(c1nc(COc2ccc(F)cc2F)cs1)c1ccc(C)cc1C. The summed E-state index contributed by atoms with van der Waals surface area (Å²) in [6.07, 6.45) is 0. The smallest absolute Gasteiger partial charge is 0.230 e. The first-order valence-corrected chi connectivity index (χ1v) is 9.13. The highest BCUT2D eigenvalue weighted by Crippen LogP contribution is 2.32. The Morgan fingerprint density at radius 2 is 1.96 bits per heavy atom. The van der Waals surface area contributed by atoms with E-state index in [1.165, 1.54) is 24.3 Å². The molecule has 3 rings (SSSR count).